The molecular weight excluding hydrogens is 683 g/mol. The van der Waals surface area contributed by atoms with Crippen LogP contribution < -0.4 is 4.90 Å². The minimum absolute atomic E-state index is 0.504. The zero-order valence-electron chi connectivity index (χ0n) is 32.2. The Morgan fingerprint density at radius 1 is 0.375 bits per heavy atom. The second kappa shape index (κ2) is 17.3. The molecule has 0 aliphatic carbocycles. The van der Waals surface area contributed by atoms with Crippen LogP contribution in [0.25, 0.3) is 56.3 Å². The molecule has 0 amide bonds. The molecule has 1 heterocycles. The summed E-state index contributed by atoms with van der Waals surface area (Å²) >= 11 is 0. The fourth-order valence-electron chi connectivity index (χ4n) is 7.39. The van der Waals surface area contributed by atoms with E-state index < -0.39 is 0 Å². The Kier molecular flexibility index (Phi) is 11.3. The monoisotopic (exact) mass is 729 g/mol. The molecule has 0 spiro atoms. The average Bonchev–Trinajstić information content (AvgIpc) is 3.77. The number of aryl methyl sites for hydroxylation is 2. The van der Waals surface area contributed by atoms with Crippen LogP contribution in [0.2, 0.25) is 0 Å². The standard InChI is InChI=1S/C52H47N3O/c1-3-5-14-38-22-32-44(33-23-38)55(45-34-24-39(25-35-45)15-6-4-2)46-36-30-41(31-37-46)48-19-11-13-21-50(48)49-20-12-10-18-47(49)40-26-28-43(29-27-40)52-54-53-51(56-52)42-16-8-7-9-17-42/h7-13,16-37H,3-6,14-15H2,1-2H3. The van der Waals surface area contributed by atoms with Crippen molar-refractivity contribution in [2.24, 2.45) is 0 Å². The average molecular weight is 730 g/mol. The van der Waals surface area contributed by atoms with Gasteiger partial charge in [0.1, 0.15) is 0 Å². The van der Waals surface area contributed by atoms with Gasteiger partial charge in [-0.05, 0) is 131 Å². The maximum atomic E-state index is 6.04. The third-order valence-electron chi connectivity index (χ3n) is 10.5. The molecule has 0 aliphatic rings. The molecule has 0 radical (unpaired) electrons. The fourth-order valence-corrected chi connectivity index (χ4v) is 7.39. The summed E-state index contributed by atoms with van der Waals surface area (Å²) in [7, 11) is 0. The predicted octanol–water partition coefficient (Wildman–Crippen LogP) is 14.6. The van der Waals surface area contributed by atoms with Gasteiger partial charge in [-0.3, -0.25) is 0 Å². The van der Waals surface area contributed by atoms with Crippen LogP contribution in [0, 0.1) is 0 Å². The Bertz CT molecular complexity index is 2410. The SMILES string of the molecule is CCCCc1ccc(N(c2ccc(CCCC)cc2)c2ccc(-c3ccccc3-c3ccccc3-c3ccc(-c4nnc(-c5ccccc5)o4)cc3)cc2)cc1. The number of rotatable bonds is 14. The Morgan fingerprint density at radius 2 is 0.732 bits per heavy atom. The summed E-state index contributed by atoms with van der Waals surface area (Å²) in [6.07, 6.45) is 7.04. The number of hydrogen-bond donors (Lipinski definition) is 0. The lowest BCUT2D eigenvalue weighted by molar-refractivity contribution is 0.584. The van der Waals surface area contributed by atoms with E-state index in [4.69, 9.17) is 4.42 Å². The Morgan fingerprint density at radius 3 is 1.18 bits per heavy atom. The molecule has 7 aromatic carbocycles. The van der Waals surface area contributed by atoms with Gasteiger partial charge in [-0.2, -0.15) is 0 Å². The third kappa shape index (κ3) is 8.11. The molecule has 56 heavy (non-hydrogen) atoms. The van der Waals surface area contributed by atoms with E-state index in [1.165, 1.54) is 59.1 Å². The van der Waals surface area contributed by atoms with E-state index in [0.29, 0.717) is 11.8 Å². The van der Waals surface area contributed by atoms with Crippen molar-refractivity contribution in [3.63, 3.8) is 0 Å². The molecule has 8 aromatic rings. The maximum absolute atomic E-state index is 6.04. The van der Waals surface area contributed by atoms with Crippen molar-refractivity contribution in [3.05, 3.63) is 187 Å². The summed E-state index contributed by atoms with van der Waals surface area (Å²) in [5.41, 5.74) is 15.0. The number of unbranched alkanes of at least 4 members (excludes halogenated alkanes) is 2. The summed E-state index contributed by atoms with van der Waals surface area (Å²) in [4.78, 5) is 2.37. The first-order valence-corrected chi connectivity index (χ1v) is 19.9. The number of benzene rings is 7. The first kappa shape index (κ1) is 36.5. The molecule has 8 rings (SSSR count). The van der Waals surface area contributed by atoms with Gasteiger partial charge in [0.05, 0.1) is 0 Å². The Balaban J connectivity index is 1.09. The van der Waals surface area contributed by atoms with E-state index in [9.17, 15) is 0 Å². The van der Waals surface area contributed by atoms with E-state index >= 15 is 0 Å². The molecule has 4 heteroatoms. The quantitative estimate of drug-likeness (QED) is 0.112. The highest BCUT2D eigenvalue weighted by atomic mass is 16.4. The van der Waals surface area contributed by atoms with Gasteiger partial charge in [-0.15, -0.1) is 10.2 Å². The minimum Gasteiger partial charge on any atom is -0.416 e. The zero-order chi connectivity index (χ0) is 38.1. The topological polar surface area (TPSA) is 42.2 Å². The molecule has 0 saturated carbocycles. The van der Waals surface area contributed by atoms with Crippen molar-refractivity contribution in [1.82, 2.24) is 10.2 Å². The number of anilines is 3. The maximum Gasteiger partial charge on any atom is 0.248 e. The van der Waals surface area contributed by atoms with Crippen LogP contribution in [0.3, 0.4) is 0 Å². The van der Waals surface area contributed by atoms with Gasteiger partial charge >= 0.3 is 0 Å². The largest absolute Gasteiger partial charge is 0.416 e. The molecule has 0 N–H and O–H groups in total. The van der Waals surface area contributed by atoms with Crippen molar-refractivity contribution >= 4 is 17.1 Å². The van der Waals surface area contributed by atoms with Crippen LogP contribution >= 0.6 is 0 Å². The second-order valence-corrected chi connectivity index (χ2v) is 14.4. The molecule has 1 aromatic heterocycles. The van der Waals surface area contributed by atoms with Gasteiger partial charge in [0.2, 0.25) is 11.8 Å². The summed E-state index contributed by atoms with van der Waals surface area (Å²) in [5, 5.41) is 8.62. The lowest BCUT2D eigenvalue weighted by Gasteiger charge is -2.26. The van der Waals surface area contributed by atoms with E-state index in [-0.39, 0.29) is 0 Å². The highest BCUT2D eigenvalue weighted by Gasteiger charge is 2.17. The van der Waals surface area contributed by atoms with Crippen molar-refractivity contribution in [2.75, 3.05) is 4.90 Å². The smallest absolute Gasteiger partial charge is 0.248 e. The minimum atomic E-state index is 0.504. The highest BCUT2D eigenvalue weighted by molar-refractivity contribution is 5.92. The van der Waals surface area contributed by atoms with Crippen molar-refractivity contribution < 1.29 is 4.42 Å². The summed E-state index contributed by atoms with van der Waals surface area (Å²) in [6, 6.07) is 62.9. The van der Waals surface area contributed by atoms with Gasteiger partial charge in [0.25, 0.3) is 0 Å². The Hall–Kier alpha value is -6.52. The molecule has 0 saturated heterocycles. The summed E-state index contributed by atoms with van der Waals surface area (Å²) in [6.45, 7) is 4.50. The van der Waals surface area contributed by atoms with Crippen LogP contribution in [0.15, 0.2) is 180 Å². The summed E-state index contributed by atoms with van der Waals surface area (Å²) in [5.74, 6) is 1.02. The first-order chi connectivity index (χ1) is 27.7. The van der Waals surface area contributed by atoms with Crippen LogP contribution in [-0.4, -0.2) is 10.2 Å². The first-order valence-electron chi connectivity index (χ1n) is 19.9. The molecule has 0 bridgehead atoms. The second-order valence-electron chi connectivity index (χ2n) is 14.4. The van der Waals surface area contributed by atoms with Crippen molar-refractivity contribution in [1.29, 1.82) is 0 Å². The van der Waals surface area contributed by atoms with Crippen molar-refractivity contribution in [2.45, 2.75) is 52.4 Å². The Labute approximate surface area is 331 Å². The van der Waals surface area contributed by atoms with Crippen LogP contribution in [0.5, 0.6) is 0 Å². The fraction of sp³-hybridized carbons (Fsp3) is 0.154. The molecule has 4 nitrogen and oxygen atoms in total. The molecule has 0 unspecified atom stereocenters. The van der Waals surface area contributed by atoms with Crippen LogP contribution in [0.4, 0.5) is 17.1 Å². The van der Waals surface area contributed by atoms with Gasteiger partial charge < -0.3 is 9.32 Å². The van der Waals surface area contributed by atoms with E-state index in [0.717, 1.165) is 52.2 Å². The lowest BCUT2D eigenvalue weighted by atomic mass is 9.89. The number of hydrogen-bond acceptors (Lipinski definition) is 4. The van der Waals surface area contributed by atoms with Gasteiger partial charge in [0, 0.05) is 28.2 Å². The van der Waals surface area contributed by atoms with Gasteiger partial charge in [0.15, 0.2) is 0 Å². The third-order valence-corrected chi connectivity index (χ3v) is 10.5. The summed E-state index contributed by atoms with van der Waals surface area (Å²) < 4.78 is 6.04. The number of aromatic nitrogens is 2. The molecular formula is C52H47N3O. The lowest BCUT2D eigenvalue weighted by Crippen LogP contribution is -2.10. The molecule has 276 valence electrons. The van der Waals surface area contributed by atoms with E-state index in [1.807, 2.05) is 30.3 Å². The van der Waals surface area contributed by atoms with E-state index in [1.54, 1.807) is 0 Å². The molecule has 0 fully saturated rings. The number of nitrogens with zero attached hydrogens (tertiary/aromatic N) is 3. The normalized spacial score (nSPS) is 11.1. The highest BCUT2D eigenvalue weighted by Crippen LogP contribution is 2.41. The molecule has 0 atom stereocenters. The predicted molar refractivity (Wildman–Crippen MR) is 233 cm³/mol. The van der Waals surface area contributed by atoms with E-state index in [2.05, 4.69) is 175 Å². The van der Waals surface area contributed by atoms with Gasteiger partial charge in [-0.25, -0.2) is 0 Å². The van der Waals surface area contributed by atoms with Gasteiger partial charge in [-0.1, -0.05) is 142 Å². The zero-order valence-corrected chi connectivity index (χ0v) is 32.2. The van der Waals surface area contributed by atoms with Crippen LogP contribution in [-0.2, 0) is 12.8 Å². The molecule has 0 aliphatic heterocycles. The van der Waals surface area contributed by atoms with Crippen LogP contribution in [0.1, 0.15) is 50.7 Å². The van der Waals surface area contributed by atoms with Crippen molar-refractivity contribution in [3.8, 4) is 56.3 Å².